The molecule has 3 N–H and O–H groups in total. The van der Waals surface area contributed by atoms with E-state index in [9.17, 15) is 4.79 Å². The third-order valence-corrected chi connectivity index (χ3v) is 5.25. The van der Waals surface area contributed by atoms with Crippen molar-refractivity contribution in [1.29, 1.82) is 0 Å². The second kappa shape index (κ2) is 14.2. The van der Waals surface area contributed by atoms with Crippen LogP contribution in [0.4, 0.5) is 0 Å². The summed E-state index contributed by atoms with van der Waals surface area (Å²) in [6, 6.07) is 10.9. The minimum absolute atomic E-state index is 0. The van der Waals surface area contributed by atoms with Crippen LogP contribution >= 0.6 is 24.8 Å². The summed E-state index contributed by atoms with van der Waals surface area (Å²) in [4.78, 5) is 14.8. The van der Waals surface area contributed by atoms with Crippen molar-refractivity contribution in [2.24, 2.45) is 17.6 Å². The smallest absolute Gasteiger partial charge is 0.220 e. The standard InChI is InChI=1S/C21H35N3O.2ClH/c1-17-14-24(16-19-10-6-5-7-11-19)15-18(2)21(17)23-20(25)12-8-3-4-9-13-22;;/h5-7,10-11,17-18,21H,3-4,8-9,12-16,22H2,1-2H3,(H,23,25);2*1H. The number of carbonyl (C=O) groups is 1. The van der Waals surface area contributed by atoms with Crippen molar-refractivity contribution in [1.82, 2.24) is 10.2 Å². The monoisotopic (exact) mass is 417 g/mol. The lowest BCUT2D eigenvalue weighted by atomic mass is 9.85. The summed E-state index contributed by atoms with van der Waals surface area (Å²) >= 11 is 0. The Morgan fingerprint density at radius 1 is 1.04 bits per heavy atom. The molecule has 2 atom stereocenters. The first-order chi connectivity index (χ1) is 12.1. The van der Waals surface area contributed by atoms with E-state index in [1.165, 1.54) is 5.56 Å². The largest absolute Gasteiger partial charge is 0.353 e. The number of hydrogen-bond donors (Lipinski definition) is 2. The normalized spacial score (nSPS) is 22.4. The predicted molar refractivity (Wildman–Crippen MR) is 119 cm³/mol. The molecule has 0 aromatic heterocycles. The fourth-order valence-corrected chi connectivity index (χ4v) is 3.97. The van der Waals surface area contributed by atoms with Gasteiger partial charge in [-0.1, -0.05) is 57.0 Å². The van der Waals surface area contributed by atoms with E-state index < -0.39 is 0 Å². The van der Waals surface area contributed by atoms with Gasteiger partial charge in [-0.2, -0.15) is 0 Å². The fraction of sp³-hybridized carbons (Fsp3) is 0.667. The summed E-state index contributed by atoms with van der Waals surface area (Å²) in [5.74, 6) is 1.18. The minimum atomic E-state index is 0. The van der Waals surface area contributed by atoms with Crippen LogP contribution in [0.15, 0.2) is 30.3 Å². The van der Waals surface area contributed by atoms with E-state index in [0.717, 1.165) is 51.9 Å². The Kier molecular flexibility index (Phi) is 13.8. The van der Waals surface area contributed by atoms with Crippen LogP contribution in [-0.4, -0.2) is 36.5 Å². The Morgan fingerprint density at radius 3 is 2.22 bits per heavy atom. The number of rotatable bonds is 9. The van der Waals surface area contributed by atoms with Gasteiger partial charge in [0.1, 0.15) is 0 Å². The Balaban J connectivity index is 0.00000338. The van der Waals surface area contributed by atoms with E-state index in [1.54, 1.807) is 0 Å². The maximum absolute atomic E-state index is 12.3. The number of piperidine rings is 1. The molecule has 1 aliphatic rings. The van der Waals surface area contributed by atoms with E-state index in [-0.39, 0.29) is 30.7 Å². The first-order valence-corrected chi connectivity index (χ1v) is 9.86. The lowest BCUT2D eigenvalue weighted by Crippen LogP contribution is -2.54. The highest BCUT2D eigenvalue weighted by Gasteiger charge is 2.32. The maximum Gasteiger partial charge on any atom is 0.220 e. The average Bonchev–Trinajstić information content (AvgIpc) is 2.59. The number of benzene rings is 1. The molecular weight excluding hydrogens is 381 g/mol. The molecule has 1 fully saturated rings. The summed E-state index contributed by atoms with van der Waals surface area (Å²) < 4.78 is 0. The zero-order valence-electron chi connectivity index (χ0n) is 16.7. The minimum Gasteiger partial charge on any atom is -0.353 e. The number of carbonyl (C=O) groups excluding carboxylic acids is 1. The van der Waals surface area contributed by atoms with Crippen molar-refractivity contribution >= 4 is 30.7 Å². The van der Waals surface area contributed by atoms with E-state index in [2.05, 4.69) is 54.4 Å². The van der Waals surface area contributed by atoms with Crippen LogP contribution < -0.4 is 11.1 Å². The van der Waals surface area contributed by atoms with Crippen LogP contribution in [0.1, 0.15) is 51.5 Å². The van der Waals surface area contributed by atoms with Crippen LogP contribution in [0.3, 0.4) is 0 Å². The van der Waals surface area contributed by atoms with Gasteiger partial charge in [0.25, 0.3) is 0 Å². The molecule has 1 aromatic carbocycles. The van der Waals surface area contributed by atoms with E-state index in [1.807, 2.05) is 0 Å². The highest BCUT2D eigenvalue weighted by Crippen LogP contribution is 2.24. The molecule has 1 amide bonds. The topological polar surface area (TPSA) is 58.4 Å². The molecule has 2 unspecified atom stereocenters. The van der Waals surface area contributed by atoms with Gasteiger partial charge in [0.2, 0.25) is 5.91 Å². The number of nitrogens with two attached hydrogens (primary N) is 1. The van der Waals surface area contributed by atoms with Gasteiger partial charge in [0, 0.05) is 32.1 Å². The van der Waals surface area contributed by atoms with Crippen molar-refractivity contribution in [3.05, 3.63) is 35.9 Å². The average molecular weight is 418 g/mol. The molecule has 27 heavy (non-hydrogen) atoms. The van der Waals surface area contributed by atoms with Gasteiger partial charge >= 0.3 is 0 Å². The number of halogens is 2. The van der Waals surface area contributed by atoms with Crippen molar-refractivity contribution < 1.29 is 4.79 Å². The van der Waals surface area contributed by atoms with Gasteiger partial charge in [-0.3, -0.25) is 9.69 Å². The van der Waals surface area contributed by atoms with Crippen molar-refractivity contribution in [2.75, 3.05) is 19.6 Å². The molecule has 0 aliphatic carbocycles. The van der Waals surface area contributed by atoms with Crippen LogP contribution in [0.5, 0.6) is 0 Å². The third-order valence-electron chi connectivity index (χ3n) is 5.25. The Labute approximate surface area is 177 Å². The Bertz CT molecular complexity index is 503. The first kappa shape index (κ1) is 26.2. The zero-order chi connectivity index (χ0) is 18.1. The predicted octanol–water partition coefficient (Wildman–Crippen LogP) is 4.01. The Morgan fingerprint density at radius 2 is 1.63 bits per heavy atom. The zero-order valence-corrected chi connectivity index (χ0v) is 18.4. The molecule has 0 spiro atoms. The SMILES string of the molecule is CC1CN(Cc2ccccc2)CC(C)C1NC(=O)CCCCCCN.Cl.Cl. The lowest BCUT2D eigenvalue weighted by molar-refractivity contribution is -0.123. The molecular formula is C21H37Cl2N3O. The summed E-state index contributed by atoms with van der Waals surface area (Å²) in [5, 5.41) is 3.30. The number of hydrogen-bond acceptors (Lipinski definition) is 3. The highest BCUT2D eigenvalue weighted by atomic mass is 35.5. The second-order valence-electron chi connectivity index (χ2n) is 7.68. The van der Waals surface area contributed by atoms with Gasteiger partial charge in [0.15, 0.2) is 0 Å². The molecule has 1 aliphatic heterocycles. The third kappa shape index (κ3) is 9.29. The van der Waals surface area contributed by atoms with E-state index >= 15 is 0 Å². The molecule has 4 nitrogen and oxygen atoms in total. The molecule has 0 saturated carbocycles. The molecule has 1 saturated heterocycles. The summed E-state index contributed by atoms with van der Waals surface area (Å²) in [6.45, 7) is 8.36. The second-order valence-corrected chi connectivity index (χ2v) is 7.68. The summed E-state index contributed by atoms with van der Waals surface area (Å²) in [7, 11) is 0. The van der Waals surface area contributed by atoms with Crippen molar-refractivity contribution in [3.8, 4) is 0 Å². The van der Waals surface area contributed by atoms with Gasteiger partial charge in [-0.05, 0) is 36.8 Å². The van der Waals surface area contributed by atoms with Gasteiger partial charge < -0.3 is 11.1 Å². The number of amides is 1. The van der Waals surface area contributed by atoms with Crippen LogP contribution in [0.2, 0.25) is 0 Å². The number of nitrogens with one attached hydrogen (secondary N) is 1. The van der Waals surface area contributed by atoms with Crippen molar-refractivity contribution in [3.63, 3.8) is 0 Å². The number of nitrogens with zero attached hydrogens (tertiary/aromatic N) is 1. The molecule has 2 rings (SSSR count). The number of likely N-dealkylation sites (tertiary alicyclic amines) is 1. The highest BCUT2D eigenvalue weighted by molar-refractivity contribution is 5.85. The first-order valence-electron chi connectivity index (χ1n) is 9.86. The molecule has 0 radical (unpaired) electrons. The number of unbranched alkanes of at least 4 members (excludes halogenated alkanes) is 3. The van der Waals surface area contributed by atoms with Crippen molar-refractivity contribution in [2.45, 2.75) is 58.5 Å². The Hall–Kier alpha value is -0.810. The lowest BCUT2D eigenvalue weighted by Gasteiger charge is -2.41. The van der Waals surface area contributed by atoms with Gasteiger partial charge in [0.05, 0.1) is 0 Å². The molecule has 6 heteroatoms. The summed E-state index contributed by atoms with van der Waals surface area (Å²) in [5.41, 5.74) is 6.86. The molecule has 1 heterocycles. The van der Waals surface area contributed by atoms with Gasteiger partial charge in [-0.25, -0.2) is 0 Å². The van der Waals surface area contributed by atoms with E-state index in [0.29, 0.717) is 24.3 Å². The van der Waals surface area contributed by atoms with Crippen LogP contribution in [0.25, 0.3) is 0 Å². The molecule has 156 valence electrons. The molecule has 1 aromatic rings. The fourth-order valence-electron chi connectivity index (χ4n) is 3.97. The van der Waals surface area contributed by atoms with E-state index in [4.69, 9.17) is 5.73 Å². The quantitative estimate of drug-likeness (QED) is 0.596. The summed E-state index contributed by atoms with van der Waals surface area (Å²) in [6.07, 6.45) is 4.92. The van der Waals surface area contributed by atoms with Crippen LogP contribution in [-0.2, 0) is 11.3 Å². The molecule has 0 bridgehead atoms. The van der Waals surface area contributed by atoms with Gasteiger partial charge in [-0.15, -0.1) is 24.8 Å². The maximum atomic E-state index is 12.3. The van der Waals surface area contributed by atoms with Crippen LogP contribution in [0, 0.1) is 11.8 Å².